The summed E-state index contributed by atoms with van der Waals surface area (Å²) in [6.45, 7) is 8.02. The van der Waals surface area contributed by atoms with Crippen LogP contribution in [-0.2, 0) is 15.4 Å². The van der Waals surface area contributed by atoms with E-state index < -0.39 is 20.2 Å². The number of nitrogens with zero attached hydrogens (tertiary/aromatic N) is 1. The van der Waals surface area contributed by atoms with E-state index in [2.05, 4.69) is 15.6 Å². The Morgan fingerprint density at radius 3 is 2.48 bits per heavy atom. The van der Waals surface area contributed by atoms with E-state index in [-0.39, 0.29) is 13.1 Å². The van der Waals surface area contributed by atoms with Gasteiger partial charge in [-0.2, -0.15) is 0 Å². The molecule has 0 radical (unpaired) electrons. The fourth-order valence-electron chi connectivity index (χ4n) is 1.66. The third-order valence-corrected chi connectivity index (χ3v) is 6.88. The van der Waals surface area contributed by atoms with Gasteiger partial charge < -0.3 is 15.7 Å². The molecule has 0 aromatic carbocycles. The molecule has 0 spiro atoms. The number of nitrogens with one attached hydrogen (secondary N) is 2. The molecule has 1 unspecified atom stereocenters. The third-order valence-electron chi connectivity index (χ3n) is 3.62. The van der Waals surface area contributed by atoms with E-state index in [1.54, 1.807) is 20.8 Å². The van der Waals surface area contributed by atoms with Crippen LogP contribution < -0.4 is 10.6 Å². The molecule has 6 nitrogen and oxygen atoms in total. The Labute approximate surface area is 143 Å². The molecular formula is C15H27N3O3S2. The molecule has 1 aromatic heterocycles. The fourth-order valence-corrected chi connectivity index (χ4v) is 2.74. The number of sulfone groups is 1. The number of guanidine groups is 1. The van der Waals surface area contributed by atoms with E-state index in [1.807, 2.05) is 24.4 Å². The molecule has 23 heavy (non-hydrogen) atoms. The third kappa shape index (κ3) is 5.78. The van der Waals surface area contributed by atoms with Crippen LogP contribution in [0.4, 0.5) is 0 Å². The van der Waals surface area contributed by atoms with E-state index in [4.69, 9.17) is 0 Å². The molecule has 0 aliphatic rings. The minimum atomic E-state index is -3.20. The Hall–Kier alpha value is -1.12. The molecule has 1 atom stereocenters. The van der Waals surface area contributed by atoms with E-state index in [0.717, 1.165) is 4.88 Å². The first kappa shape index (κ1) is 19.9. The first-order valence-corrected chi connectivity index (χ1v) is 10.2. The predicted molar refractivity (Wildman–Crippen MR) is 96.8 cm³/mol. The SMILES string of the molecule is CCNC(=NCC(C)(C)S(C)(=O)=O)NCC(C)(O)c1cccs1. The molecule has 0 amide bonds. The lowest BCUT2D eigenvalue weighted by Crippen LogP contribution is -2.45. The first-order chi connectivity index (χ1) is 10.5. The Balaban J connectivity index is 2.77. The van der Waals surface area contributed by atoms with Gasteiger partial charge in [-0.25, -0.2) is 8.42 Å². The summed E-state index contributed by atoms with van der Waals surface area (Å²) in [5.41, 5.74) is -1.02. The summed E-state index contributed by atoms with van der Waals surface area (Å²) in [7, 11) is -3.20. The van der Waals surface area contributed by atoms with Crippen molar-refractivity contribution in [1.29, 1.82) is 0 Å². The smallest absolute Gasteiger partial charge is 0.191 e. The lowest BCUT2D eigenvalue weighted by atomic mass is 10.1. The Morgan fingerprint density at radius 1 is 1.35 bits per heavy atom. The molecule has 0 aliphatic heterocycles. The van der Waals surface area contributed by atoms with Crippen LogP contribution in [0.5, 0.6) is 0 Å². The highest BCUT2D eigenvalue weighted by atomic mass is 32.2. The van der Waals surface area contributed by atoms with E-state index in [0.29, 0.717) is 12.5 Å². The van der Waals surface area contributed by atoms with Crippen molar-refractivity contribution in [2.24, 2.45) is 4.99 Å². The average Bonchev–Trinajstić information content (AvgIpc) is 2.95. The summed E-state index contributed by atoms with van der Waals surface area (Å²) in [6, 6.07) is 3.77. The highest BCUT2D eigenvalue weighted by Gasteiger charge is 2.30. The molecule has 0 saturated heterocycles. The van der Waals surface area contributed by atoms with E-state index >= 15 is 0 Å². The van der Waals surface area contributed by atoms with Gasteiger partial charge in [-0.15, -0.1) is 11.3 Å². The van der Waals surface area contributed by atoms with Crippen LogP contribution in [0.15, 0.2) is 22.5 Å². The molecular weight excluding hydrogens is 334 g/mol. The minimum Gasteiger partial charge on any atom is -0.383 e. The van der Waals surface area contributed by atoms with Crippen molar-refractivity contribution >= 4 is 27.1 Å². The van der Waals surface area contributed by atoms with Gasteiger partial charge >= 0.3 is 0 Å². The molecule has 1 heterocycles. The number of hydrogen-bond acceptors (Lipinski definition) is 5. The van der Waals surface area contributed by atoms with Crippen molar-refractivity contribution in [2.75, 3.05) is 25.9 Å². The van der Waals surface area contributed by atoms with E-state index in [1.165, 1.54) is 17.6 Å². The van der Waals surface area contributed by atoms with Crippen molar-refractivity contribution in [2.45, 2.75) is 38.0 Å². The maximum Gasteiger partial charge on any atom is 0.191 e. The Bertz CT molecular complexity index is 620. The molecule has 8 heteroatoms. The van der Waals surface area contributed by atoms with Crippen LogP contribution in [-0.4, -0.2) is 50.1 Å². The van der Waals surface area contributed by atoms with Gasteiger partial charge in [-0.3, -0.25) is 4.99 Å². The Morgan fingerprint density at radius 2 is 2.00 bits per heavy atom. The molecule has 0 saturated carbocycles. The highest BCUT2D eigenvalue weighted by molar-refractivity contribution is 7.92. The fraction of sp³-hybridized carbons (Fsp3) is 0.667. The molecule has 0 bridgehead atoms. The van der Waals surface area contributed by atoms with Gasteiger partial charge in [-0.05, 0) is 39.1 Å². The van der Waals surface area contributed by atoms with Crippen molar-refractivity contribution < 1.29 is 13.5 Å². The minimum absolute atomic E-state index is 0.141. The zero-order chi connectivity index (χ0) is 17.7. The largest absolute Gasteiger partial charge is 0.383 e. The van der Waals surface area contributed by atoms with Gasteiger partial charge in [0.15, 0.2) is 15.8 Å². The zero-order valence-electron chi connectivity index (χ0n) is 14.4. The van der Waals surface area contributed by atoms with Crippen molar-refractivity contribution in [3.63, 3.8) is 0 Å². The molecule has 0 aliphatic carbocycles. The van der Waals surface area contributed by atoms with Crippen molar-refractivity contribution in [3.8, 4) is 0 Å². The normalized spacial score (nSPS) is 16.0. The summed E-state index contributed by atoms with van der Waals surface area (Å²) in [5.74, 6) is 0.487. The van der Waals surface area contributed by atoms with Gasteiger partial charge in [0.05, 0.1) is 17.8 Å². The van der Waals surface area contributed by atoms with Gasteiger partial charge in [0.1, 0.15) is 5.60 Å². The molecule has 1 rings (SSSR count). The second-order valence-electron chi connectivity index (χ2n) is 6.33. The van der Waals surface area contributed by atoms with Crippen LogP contribution in [0, 0.1) is 0 Å². The standard InChI is InChI=1S/C15H27N3O3S2/c1-6-16-13(17-10-14(2,3)23(5,20)21)18-11-15(4,19)12-8-7-9-22-12/h7-9,19H,6,10-11H2,1-5H3,(H2,16,17,18). The van der Waals surface area contributed by atoms with Gasteiger partial charge in [-0.1, -0.05) is 6.07 Å². The van der Waals surface area contributed by atoms with Gasteiger partial charge in [0.25, 0.3) is 0 Å². The quantitative estimate of drug-likeness (QED) is 0.503. The average molecular weight is 362 g/mol. The van der Waals surface area contributed by atoms with Crippen LogP contribution in [0.2, 0.25) is 0 Å². The van der Waals surface area contributed by atoms with Crippen LogP contribution in [0.1, 0.15) is 32.6 Å². The molecule has 1 aromatic rings. The maximum atomic E-state index is 11.7. The first-order valence-electron chi connectivity index (χ1n) is 7.48. The van der Waals surface area contributed by atoms with Crippen molar-refractivity contribution in [3.05, 3.63) is 22.4 Å². The number of aliphatic hydroxyl groups is 1. The number of hydrogen-bond donors (Lipinski definition) is 3. The second kappa shape index (κ2) is 7.63. The van der Waals surface area contributed by atoms with Crippen LogP contribution in [0.3, 0.4) is 0 Å². The lowest BCUT2D eigenvalue weighted by Gasteiger charge is -2.25. The summed E-state index contributed by atoms with van der Waals surface area (Å²) < 4.78 is 22.6. The van der Waals surface area contributed by atoms with Crippen molar-refractivity contribution in [1.82, 2.24) is 10.6 Å². The summed E-state index contributed by atoms with van der Waals surface area (Å²) in [4.78, 5) is 5.20. The number of aliphatic imine (C=N–C) groups is 1. The predicted octanol–water partition coefficient (Wildman–Crippen LogP) is 1.33. The molecule has 3 N–H and O–H groups in total. The second-order valence-corrected chi connectivity index (χ2v) is 9.93. The van der Waals surface area contributed by atoms with Crippen LogP contribution in [0.25, 0.3) is 0 Å². The monoisotopic (exact) mass is 361 g/mol. The summed E-state index contributed by atoms with van der Waals surface area (Å²) in [6.07, 6.45) is 1.21. The topological polar surface area (TPSA) is 90.8 Å². The Kier molecular flexibility index (Phi) is 6.61. The summed E-state index contributed by atoms with van der Waals surface area (Å²) in [5, 5.41) is 18.6. The number of thiophene rings is 1. The van der Waals surface area contributed by atoms with Gasteiger partial charge in [0, 0.05) is 17.7 Å². The molecule has 132 valence electrons. The maximum absolute atomic E-state index is 11.7. The molecule has 0 fully saturated rings. The van der Waals surface area contributed by atoms with Crippen LogP contribution >= 0.6 is 11.3 Å². The lowest BCUT2D eigenvalue weighted by molar-refractivity contribution is 0.0655. The number of rotatable bonds is 7. The highest BCUT2D eigenvalue weighted by Crippen LogP contribution is 2.24. The van der Waals surface area contributed by atoms with Gasteiger partial charge in [0.2, 0.25) is 0 Å². The summed E-state index contributed by atoms with van der Waals surface area (Å²) >= 11 is 1.49. The zero-order valence-corrected chi connectivity index (χ0v) is 16.0. The van der Waals surface area contributed by atoms with E-state index in [9.17, 15) is 13.5 Å².